The molecule has 1 heterocycles. The lowest BCUT2D eigenvalue weighted by Crippen LogP contribution is -2.47. The number of aliphatic hydroxyl groups is 1. The van der Waals surface area contributed by atoms with Crippen LogP contribution in [0, 0.1) is 0 Å². The van der Waals surface area contributed by atoms with Crippen molar-refractivity contribution in [3.8, 4) is 0 Å². The molecule has 0 aromatic rings. The highest BCUT2D eigenvalue weighted by molar-refractivity contribution is 8.13. The molecule has 0 spiro atoms. The van der Waals surface area contributed by atoms with Crippen molar-refractivity contribution in [2.45, 2.75) is 18.9 Å². The van der Waals surface area contributed by atoms with E-state index in [9.17, 15) is 19.5 Å². The van der Waals surface area contributed by atoms with Gasteiger partial charge in [-0.1, -0.05) is 11.8 Å². The highest BCUT2D eigenvalue weighted by atomic mass is 32.2. The molecule has 0 bridgehead atoms. The summed E-state index contributed by atoms with van der Waals surface area (Å²) in [6.45, 7) is 1.69. The van der Waals surface area contributed by atoms with Gasteiger partial charge in [-0.3, -0.25) is 9.59 Å². The van der Waals surface area contributed by atoms with Crippen molar-refractivity contribution in [3.63, 3.8) is 0 Å². The summed E-state index contributed by atoms with van der Waals surface area (Å²) in [6.07, 6.45) is 0.0992. The van der Waals surface area contributed by atoms with Crippen molar-refractivity contribution in [3.05, 3.63) is 0 Å². The van der Waals surface area contributed by atoms with Gasteiger partial charge in [-0.25, -0.2) is 4.79 Å². The molecule has 0 aromatic carbocycles. The molecule has 0 saturated carbocycles. The van der Waals surface area contributed by atoms with Gasteiger partial charge < -0.3 is 20.4 Å². The van der Waals surface area contributed by atoms with Gasteiger partial charge in [-0.05, 0) is 6.92 Å². The van der Waals surface area contributed by atoms with E-state index in [0.29, 0.717) is 13.1 Å². The molecule has 3 N–H and O–H groups in total. The molecule has 0 radical (unpaired) electrons. The van der Waals surface area contributed by atoms with Gasteiger partial charge in [0.15, 0.2) is 5.60 Å². The van der Waals surface area contributed by atoms with E-state index in [2.05, 4.69) is 5.32 Å². The third-order valence-corrected chi connectivity index (χ3v) is 3.44. The van der Waals surface area contributed by atoms with E-state index < -0.39 is 11.6 Å². The highest BCUT2D eigenvalue weighted by Gasteiger charge is 2.30. The largest absolute Gasteiger partial charge is 0.479 e. The normalized spacial score (nSPS) is 18.6. The van der Waals surface area contributed by atoms with E-state index in [1.165, 1.54) is 11.8 Å². The predicted molar refractivity (Wildman–Crippen MR) is 65.3 cm³/mol. The molecular weight excluding hydrogens is 260 g/mol. The standard InChI is InChI=1S/C10H16N2O5S/c1-10(17,8(14)15)6-11-7(13)2-3-12-4-5-18-9(12)16/h17H,2-6H2,1H3,(H,11,13)(H,14,15). The molecule has 0 aliphatic carbocycles. The lowest BCUT2D eigenvalue weighted by Gasteiger charge is -2.19. The van der Waals surface area contributed by atoms with E-state index in [-0.39, 0.29) is 24.1 Å². The van der Waals surface area contributed by atoms with Gasteiger partial charge in [-0.2, -0.15) is 0 Å². The number of thioether (sulfide) groups is 1. The highest BCUT2D eigenvalue weighted by Crippen LogP contribution is 2.16. The molecule has 1 atom stereocenters. The van der Waals surface area contributed by atoms with Crippen LogP contribution in [0.4, 0.5) is 4.79 Å². The van der Waals surface area contributed by atoms with Crippen molar-refractivity contribution >= 4 is 28.9 Å². The average molecular weight is 276 g/mol. The first-order chi connectivity index (χ1) is 8.33. The van der Waals surface area contributed by atoms with E-state index in [0.717, 1.165) is 12.7 Å². The summed E-state index contributed by atoms with van der Waals surface area (Å²) in [7, 11) is 0. The summed E-state index contributed by atoms with van der Waals surface area (Å²) in [5, 5.41) is 20.3. The molecule has 1 saturated heterocycles. The fraction of sp³-hybridized carbons (Fsp3) is 0.700. The van der Waals surface area contributed by atoms with Gasteiger partial charge in [0.05, 0.1) is 6.54 Å². The maximum absolute atomic E-state index is 11.4. The number of carbonyl (C=O) groups is 3. The van der Waals surface area contributed by atoms with Gasteiger partial charge in [0.2, 0.25) is 5.91 Å². The van der Waals surface area contributed by atoms with Gasteiger partial charge >= 0.3 is 5.97 Å². The van der Waals surface area contributed by atoms with E-state index in [1.54, 1.807) is 4.90 Å². The van der Waals surface area contributed by atoms with Crippen molar-refractivity contribution in [1.82, 2.24) is 10.2 Å². The number of aliphatic carboxylic acids is 1. The second-order valence-electron chi connectivity index (χ2n) is 4.21. The number of hydrogen-bond donors (Lipinski definition) is 3. The van der Waals surface area contributed by atoms with Crippen molar-refractivity contribution < 1.29 is 24.6 Å². The Bertz CT molecular complexity index is 358. The summed E-state index contributed by atoms with van der Waals surface area (Å²) in [4.78, 5) is 34.8. The lowest BCUT2D eigenvalue weighted by atomic mass is 10.1. The van der Waals surface area contributed by atoms with Gasteiger partial charge in [-0.15, -0.1) is 0 Å². The first-order valence-electron chi connectivity index (χ1n) is 5.47. The Labute approximate surface area is 109 Å². The molecule has 1 aliphatic rings. The van der Waals surface area contributed by atoms with Gasteiger partial charge in [0, 0.05) is 25.3 Å². The molecule has 1 fully saturated rings. The molecule has 8 heteroatoms. The smallest absolute Gasteiger partial charge is 0.337 e. The zero-order valence-electron chi connectivity index (χ0n) is 10.0. The predicted octanol–water partition coefficient (Wildman–Crippen LogP) is -0.503. The molecule has 1 aliphatic heterocycles. The average Bonchev–Trinajstić information content (AvgIpc) is 2.69. The quantitative estimate of drug-likeness (QED) is 0.603. The van der Waals surface area contributed by atoms with Gasteiger partial charge in [0.1, 0.15) is 0 Å². The topological polar surface area (TPSA) is 107 Å². The molecular formula is C10H16N2O5S. The Kier molecular flexibility index (Phi) is 4.97. The van der Waals surface area contributed by atoms with Crippen molar-refractivity contribution in [1.29, 1.82) is 0 Å². The third-order valence-electron chi connectivity index (χ3n) is 2.54. The summed E-state index contributed by atoms with van der Waals surface area (Å²) in [6, 6.07) is 0. The third kappa shape index (κ3) is 4.19. The number of hydrogen-bond acceptors (Lipinski definition) is 5. The minimum absolute atomic E-state index is 0.0414. The maximum Gasteiger partial charge on any atom is 0.337 e. The number of carboxylic acids is 1. The van der Waals surface area contributed by atoms with Crippen LogP contribution in [0.25, 0.3) is 0 Å². The van der Waals surface area contributed by atoms with Crippen LogP contribution in [-0.2, 0) is 9.59 Å². The fourth-order valence-corrected chi connectivity index (χ4v) is 2.15. The van der Waals surface area contributed by atoms with E-state index in [1.807, 2.05) is 0 Å². The van der Waals surface area contributed by atoms with Crippen LogP contribution in [0.15, 0.2) is 0 Å². The Hall–Kier alpha value is -1.28. The maximum atomic E-state index is 11.4. The number of rotatable bonds is 6. The fourth-order valence-electron chi connectivity index (χ4n) is 1.30. The van der Waals surface area contributed by atoms with Crippen LogP contribution < -0.4 is 5.32 Å². The Morgan fingerprint density at radius 1 is 1.56 bits per heavy atom. The monoisotopic (exact) mass is 276 g/mol. The van der Waals surface area contributed by atoms with Crippen molar-refractivity contribution in [2.75, 3.05) is 25.4 Å². The summed E-state index contributed by atoms with van der Waals surface area (Å²) >= 11 is 1.22. The lowest BCUT2D eigenvalue weighted by molar-refractivity contribution is -0.156. The second kappa shape index (κ2) is 6.05. The van der Waals surface area contributed by atoms with Crippen LogP contribution in [0.5, 0.6) is 0 Å². The Morgan fingerprint density at radius 2 is 2.22 bits per heavy atom. The second-order valence-corrected chi connectivity index (χ2v) is 5.25. The minimum atomic E-state index is -1.98. The van der Waals surface area contributed by atoms with Crippen LogP contribution in [0.3, 0.4) is 0 Å². The van der Waals surface area contributed by atoms with E-state index in [4.69, 9.17) is 5.11 Å². The van der Waals surface area contributed by atoms with Crippen LogP contribution >= 0.6 is 11.8 Å². The van der Waals surface area contributed by atoms with Crippen molar-refractivity contribution in [2.24, 2.45) is 0 Å². The first-order valence-corrected chi connectivity index (χ1v) is 6.45. The summed E-state index contributed by atoms with van der Waals surface area (Å²) < 4.78 is 0. The zero-order valence-corrected chi connectivity index (χ0v) is 10.8. The SMILES string of the molecule is CC(O)(CNC(=O)CCN1CCSC1=O)C(=O)O. The number of nitrogens with zero attached hydrogens (tertiary/aromatic N) is 1. The van der Waals surface area contributed by atoms with Gasteiger partial charge in [0.25, 0.3) is 5.24 Å². The Balaban J connectivity index is 2.26. The van der Waals surface area contributed by atoms with E-state index >= 15 is 0 Å². The number of nitrogens with one attached hydrogen (secondary N) is 1. The number of amides is 2. The molecule has 2 amide bonds. The Morgan fingerprint density at radius 3 is 2.72 bits per heavy atom. The molecule has 18 heavy (non-hydrogen) atoms. The molecule has 7 nitrogen and oxygen atoms in total. The summed E-state index contributed by atoms with van der Waals surface area (Å²) in [5.74, 6) is -1.05. The minimum Gasteiger partial charge on any atom is -0.479 e. The first kappa shape index (κ1) is 14.8. The van der Waals surface area contributed by atoms with Crippen LogP contribution in [-0.4, -0.2) is 63.2 Å². The molecule has 1 unspecified atom stereocenters. The summed E-state index contributed by atoms with van der Waals surface area (Å²) in [5.41, 5.74) is -1.98. The molecule has 0 aromatic heterocycles. The molecule has 1 rings (SSSR count). The zero-order chi connectivity index (χ0) is 13.8. The van der Waals surface area contributed by atoms with Crippen LogP contribution in [0.1, 0.15) is 13.3 Å². The molecule has 102 valence electrons. The number of carboxylic acid groups (broad SMARTS) is 1. The number of carbonyl (C=O) groups excluding carboxylic acids is 2. The van der Waals surface area contributed by atoms with Crippen LogP contribution in [0.2, 0.25) is 0 Å².